The van der Waals surface area contributed by atoms with Crippen molar-refractivity contribution >= 4 is 28.2 Å². The average Bonchev–Trinajstić information content (AvgIpc) is 2.27. The summed E-state index contributed by atoms with van der Waals surface area (Å²) < 4.78 is 4.52. The van der Waals surface area contributed by atoms with E-state index in [4.69, 9.17) is 9.84 Å². The fourth-order valence-corrected chi connectivity index (χ4v) is 1.94. The predicted molar refractivity (Wildman–Crippen MR) is 67.1 cm³/mol. The van der Waals surface area contributed by atoms with Gasteiger partial charge in [0.25, 0.3) is 0 Å². The van der Waals surface area contributed by atoms with Gasteiger partial charge in [0.2, 0.25) is 0 Å². The second-order valence-electron chi connectivity index (χ2n) is 4.25. The van der Waals surface area contributed by atoms with E-state index < -0.39 is 22.5 Å². The topological polar surface area (TPSA) is 63.6 Å². The maximum atomic E-state index is 11.1. The van der Waals surface area contributed by atoms with Crippen LogP contribution in [0, 0.1) is 5.92 Å². The lowest BCUT2D eigenvalue weighted by atomic mass is 9.98. The summed E-state index contributed by atoms with van der Waals surface area (Å²) in [5.74, 6) is -1.20. The Morgan fingerprint density at radius 2 is 2.18 bits per heavy atom. The van der Waals surface area contributed by atoms with E-state index in [-0.39, 0.29) is 5.92 Å². The van der Waals surface area contributed by atoms with Gasteiger partial charge in [-0.3, -0.25) is 0 Å². The monoisotopic (exact) mass is 302 g/mol. The molecule has 0 saturated heterocycles. The maximum Gasteiger partial charge on any atom is 0.333 e. The molecule has 1 rings (SSSR count). The highest BCUT2D eigenvalue weighted by Gasteiger charge is 2.38. The number of alkyl halides is 1. The van der Waals surface area contributed by atoms with Crippen LogP contribution in [0.5, 0.6) is 0 Å². The van der Waals surface area contributed by atoms with E-state index in [1.54, 1.807) is 38.2 Å². The number of aldehydes is 1. The molecule has 3 unspecified atom stereocenters. The summed E-state index contributed by atoms with van der Waals surface area (Å²) in [7, 11) is 0. The zero-order chi connectivity index (χ0) is 13.1. The first-order valence-corrected chi connectivity index (χ1v) is 6.09. The molecule has 17 heavy (non-hydrogen) atoms. The molecule has 3 atom stereocenters. The third kappa shape index (κ3) is 3.26. The van der Waals surface area contributed by atoms with Crippen molar-refractivity contribution < 1.29 is 19.4 Å². The summed E-state index contributed by atoms with van der Waals surface area (Å²) in [6.07, 6.45) is 5.91. The van der Waals surface area contributed by atoms with Gasteiger partial charge in [-0.15, -0.1) is 0 Å². The number of hydrogen-bond donors (Lipinski definition) is 1. The molecule has 0 heterocycles. The number of carboxylic acids is 1. The molecule has 94 valence electrons. The summed E-state index contributed by atoms with van der Waals surface area (Å²) in [6.45, 7) is 3.52. The third-order valence-electron chi connectivity index (χ3n) is 2.51. The molecule has 0 aromatic heterocycles. The van der Waals surface area contributed by atoms with E-state index in [1.165, 1.54) is 0 Å². The number of carboxylic acid groups (broad SMARTS) is 1. The van der Waals surface area contributed by atoms with Gasteiger partial charge in [-0.05, 0) is 5.92 Å². The number of hydrogen-bond acceptors (Lipinski definition) is 3. The first kappa shape index (κ1) is 14.1. The van der Waals surface area contributed by atoms with Gasteiger partial charge in [-0.2, -0.15) is 0 Å². The van der Waals surface area contributed by atoms with Crippen LogP contribution in [0.25, 0.3) is 0 Å². The molecule has 0 bridgehead atoms. The standard InChI is InChI=1S/C12H15BrO4/c1-8(2)10(11(15)16)17-9-5-3-4-6-12(9,13)7-14/h3-10H,1-2H3,(H,15,16). The minimum atomic E-state index is -1.02. The number of aliphatic carboxylic acids is 1. The molecule has 0 aromatic rings. The van der Waals surface area contributed by atoms with Crippen molar-refractivity contribution in [2.45, 2.75) is 30.4 Å². The van der Waals surface area contributed by atoms with Crippen LogP contribution in [0.2, 0.25) is 0 Å². The normalized spacial score (nSPS) is 29.3. The molecule has 0 fully saturated rings. The highest BCUT2D eigenvalue weighted by atomic mass is 79.9. The van der Waals surface area contributed by atoms with Crippen molar-refractivity contribution in [2.75, 3.05) is 0 Å². The summed E-state index contributed by atoms with van der Waals surface area (Å²) in [6, 6.07) is 0. The number of carbonyl (C=O) groups excluding carboxylic acids is 1. The number of ether oxygens (including phenoxy) is 1. The van der Waals surface area contributed by atoms with Crippen LogP contribution in [-0.4, -0.2) is 33.9 Å². The molecular weight excluding hydrogens is 288 g/mol. The quantitative estimate of drug-likeness (QED) is 0.623. The van der Waals surface area contributed by atoms with Crippen molar-refractivity contribution in [2.24, 2.45) is 5.92 Å². The maximum absolute atomic E-state index is 11.1. The zero-order valence-electron chi connectivity index (χ0n) is 9.67. The molecule has 4 nitrogen and oxygen atoms in total. The molecule has 0 saturated carbocycles. The Balaban J connectivity index is 2.85. The molecule has 0 spiro atoms. The minimum absolute atomic E-state index is 0.171. The first-order chi connectivity index (χ1) is 7.90. The van der Waals surface area contributed by atoms with Gasteiger partial charge in [-0.1, -0.05) is 54.1 Å². The Kier molecular flexibility index (Phi) is 4.65. The summed E-state index contributed by atoms with van der Waals surface area (Å²) in [5.41, 5.74) is 0. The molecular formula is C12H15BrO4. The van der Waals surface area contributed by atoms with Gasteiger partial charge in [0.05, 0.1) is 0 Å². The van der Waals surface area contributed by atoms with Crippen LogP contribution in [0.4, 0.5) is 0 Å². The lowest BCUT2D eigenvalue weighted by Crippen LogP contribution is -2.43. The van der Waals surface area contributed by atoms with E-state index in [0.29, 0.717) is 6.29 Å². The molecule has 1 aliphatic carbocycles. The Morgan fingerprint density at radius 3 is 2.65 bits per heavy atom. The van der Waals surface area contributed by atoms with Crippen LogP contribution in [0.1, 0.15) is 13.8 Å². The molecule has 0 aromatic carbocycles. The molecule has 0 amide bonds. The largest absolute Gasteiger partial charge is 0.479 e. The van der Waals surface area contributed by atoms with E-state index in [1.807, 2.05) is 0 Å². The molecule has 0 aliphatic heterocycles. The summed E-state index contributed by atoms with van der Waals surface area (Å²) in [4.78, 5) is 22.1. The van der Waals surface area contributed by atoms with Crippen LogP contribution in [0.3, 0.4) is 0 Å². The Labute approximate surface area is 108 Å². The van der Waals surface area contributed by atoms with Gasteiger partial charge >= 0.3 is 5.97 Å². The minimum Gasteiger partial charge on any atom is -0.479 e. The van der Waals surface area contributed by atoms with Crippen LogP contribution < -0.4 is 0 Å². The third-order valence-corrected chi connectivity index (χ3v) is 3.41. The number of carbonyl (C=O) groups is 2. The second-order valence-corrected chi connectivity index (χ2v) is 5.62. The zero-order valence-corrected chi connectivity index (χ0v) is 11.3. The van der Waals surface area contributed by atoms with Gasteiger partial charge in [0.15, 0.2) is 6.10 Å². The van der Waals surface area contributed by atoms with Crippen LogP contribution in [-0.2, 0) is 14.3 Å². The van der Waals surface area contributed by atoms with E-state index in [0.717, 1.165) is 0 Å². The van der Waals surface area contributed by atoms with Crippen LogP contribution in [0.15, 0.2) is 24.3 Å². The van der Waals surface area contributed by atoms with Crippen LogP contribution >= 0.6 is 15.9 Å². The predicted octanol–water partition coefficient (Wildman–Crippen LogP) is 1.94. The van der Waals surface area contributed by atoms with E-state index >= 15 is 0 Å². The van der Waals surface area contributed by atoms with Crippen molar-refractivity contribution in [1.82, 2.24) is 0 Å². The first-order valence-electron chi connectivity index (χ1n) is 5.30. The summed E-state index contributed by atoms with van der Waals surface area (Å²) in [5, 5.41) is 9.05. The Morgan fingerprint density at radius 1 is 1.53 bits per heavy atom. The molecule has 1 N–H and O–H groups in total. The molecule has 5 heteroatoms. The lowest BCUT2D eigenvalue weighted by molar-refractivity contribution is -0.157. The van der Waals surface area contributed by atoms with Gasteiger partial charge in [0.1, 0.15) is 16.7 Å². The van der Waals surface area contributed by atoms with E-state index in [9.17, 15) is 9.59 Å². The van der Waals surface area contributed by atoms with Crippen molar-refractivity contribution in [3.63, 3.8) is 0 Å². The van der Waals surface area contributed by atoms with Gasteiger partial charge in [0, 0.05) is 0 Å². The molecule has 0 radical (unpaired) electrons. The summed E-state index contributed by atoms with van der Waals surface area (Å²) >= 11 is 3.26. The van der Waals surface area contributed by atoms with Gasteiger partial charge in [-0.25, -0.2) is 4.79 Å². The van der Waals surface area contributed by atoms with Crippen molar-refractivity contribution in [3.8, 4) is 0 Å². The second kappa shape index (κ2) is 5.60. The van der Waals surface area contributed by atoms with Crippen molar-refractivity contribution in [3.05, 3.63) is 24.3 Å². The number of halogens is 1. The highest BCUT2D eigenvalue weighted by Crippen LogP contribution is 2.30. The van der Waals surface area contributed by atoms with Crippen molar-refractivity contribution in [1.29, 1.82) is 0 Å². The molecule has 1 aliphatic rings. The number of rotatable bonds is 5. The Hall–Kier alpha value is -0.940. The fourth-order valence-electron chi connectivity index (χ4n) is 1.52. The lowest BCUT2D eigenvalue weighted by Gasteiger charge is -2.31. The highest BCUT2D eigenvalue weighted by molar-refractivity contribution is 9.10. The Bertz CT molecular complexity index is 362. The average molecular weight is 303 g/mol. The van der Waals surface area contributed by atoms with E-state index in [2.05, 4.69) is 15.9 Å². The number of allylic oxidation sites excluding steroid dienone is 2. The fraction of sp³-hybridized carbons (Fsp3) is 0.500. The SMILES string of the molecule is CC(C)C(OC1C=CC=CC1(Br)C=O)C(=O)O. The van der Waals surface area contributed by atoms with Gasteiger partial charge < -0.3 is 14.6 Å². The smallest absolute Gasteiger partial charge is 0.333 e.